The SMILES string of the molecule is CC(=O)C(Br)c1cccc(C)c1[N+](=O)[O-]. The molecule has 0 aliphatic rings. The van der Waals surface area contributed by atoms with Crippen molar-refractivity contribution >= 4 is 27.4 Å². The zero-order valence-corrected chi connectivity index (χ0v) is 9.95. The van der Waals surface area contributed by atoms with E-state index in [1.54, 1.807) is 25.1 Å². The number of halogens is 1. The lowest BCUT2D eigenvalue weighted by molar-refractivity contribution is -0.386. The summed E-state index contributed by atoms with van der Waals surface area (Å²) >= 11 is 3.15. The number of hydrogen-bond donors (Lipinski definition) is 0. The van der Waals surface area contributed by atoms with E-state index >= 15 is 0 Å². The molecule has 0 heterocycles. The number of alkyl halides is 1. The summed E-state index contributed by atoms with van der Waals surface area (Å²) in [6.07, 6.45) is 0. The maximum atomic E-state index is 11.2. The second-order valence-corrected chi connectivity index (χ2v) is 4.16. The summed E-state index contributed by atoms with van der Waals surface area (Å²) in [5.74, 6) is -0.149. The fraction of sp³-hybridized carbons (Fsp3) is 0.300. The van der Waals surface area contributed by atoms with Crippen LogP contribution in [0.25, 0.3) is 0 Å². The fourth-order valence-corrected chi connectivity index (χ4v) is 1.72. The number of ketones is 1. The molecule has 0 aliphatic carbocycles. The van der Waals surface area contributed by atoms with Gasteiger partial charge in [0.15, 0.2) is 0 Å². The lowest BCUT2D eigenvalue weighted by atomic mass is 10.0. The number of rotatable bonds is 3. The molecule has 80 valence electrons. The first-order valence-corrected chi connectivity index (χ1v) is 5.25. The average molecular weight is 272 g/mol. The van der Waals surface area contributed by atoms with E-state index in [1.165, 1.54) is 6.92 Å². The lowest BCUT2D eigenvalue weighted by Crippen LogP contribution is -2.05. The molecule has 0 radical (unpaired) electrons. The van der Waals surface area contributed by atoms with Crippen molar-refractivity contribution in [3.63, 3.8) is 0 Å². The van der Waals surface area contributed by atoms with Crippen molar-refractivity contribution in [2.24, 2.45) is 0 Å². The molecule has 0 amide bonds. The van der Waals surface area contributed by atoms with Gasteiger partial charge in [-0.25, -0.2) is 0 Å². The van der Waals surface area contributed by atoms with E-state index in [0.29, 0.717) is 11.1 Å². The van der Waals surface area contributed by atoms with Crippen LogP contribution in [-0.4, -0.2) is 10.7 Å². The van der Waals surface area contributed by atoms with Gasteiger partial charge < -0.3 is 0 Å². The Hall–Kier alpha value is -1.23. The third-order valence-electron chi connectivity index (χ3n) is 2.08. The van der Waals surface area contributed by atoms with Crippen molar-refractivity contribution in [1.82, 2.24) is 0 Å². The van der Waals surface area contributed by atoms with Crippen molar-refractivity contribution in [2.75, 3.05) is 0 Å². The number of nitro groups is 1. The molecule has 15 heavy (non-hydrogen) atoms. The Kier molecular flexibility index (Phi) is 3.57. The second-order valence-electron chi connectivity index (χ2n) is 3.24. The molecule has 0 spiro atoms. The van der Waals surface area contributed by atoms with Crippen LogP contribution < -0.4 is 0 Å². The van der Waals surface area contributed by atoms with Crippen LogP contribution in [0.5, 0.6) is 0 Å². The third-order valence-corrected chi connectivity index (χ3v) is 3.22. The zero-order valence-electron chi connectivity index (χ0n) is 8.36. The minimum absolute atomic E-state index is 0.00887. The van der Waals surface area contributed by atoms with Crippen molar-refractivity contribution in [3.05, 3.63) is 39.4 Å². The van der Waals surface area contributed by atoms with Crippen LogP contribution in [0, 0.1) is 17.0 Å². The highest BCUT2D eigenvalue weighted by Gasteiger charge is 2.24. The smallest absolute Gasteiger partial charge is 0.277 e. The van der Waals surface area contributed by atoms with Gasteiger partial charge in [-0.3, -0.25) is 14.9 Å². The van der Waals surface area contributed by atoms with E-state index in [9.17, 15) is 14.9 Å². The molecule has 0 aliphatic heterocycles. The van der Waals surface area contributed by atoms with Gasteiger partial charge in [-0.2, -0.15) is 0 Å². The maximum Gasteiger partial charge on any atom is 0.277 e. The van der Waals surface area contributed by atoms with Crippen molar-refractivity contribution in [1.29, 1.82) is 0 Å². The van der Waals surface area contributed by atoms with Crippen LogP contribution in [0.4, 0.5) is 5.69 Å². The highest BCUT2D eigenvalue weighted by Crippen LogP contribution is 2.33. The largest absolute Gasteiger partial charge is 0.298 e. The molecule has 5 heteroatoms. The summed E-state index contributed by atoms with van der Waals surface area (Å²) in [5, 5.41) is 10.8. The van der Waals surface area contributed by atoms with Crippen LogP contribution in [0.2, 0.25) is 0 Å². The summed E-state index contributed by atoms with van der Waals surface area (Å²) < 4.78 is 0. The Morgan fingerprint density at radius 1 is 1.53 bits per heavy atom. The molecule has 1 aromatic carbocycles. The van der Waals surface area contributed by atoms with E-state index in [-0.39, 0.29) is 11.5 Å². The van der Waals surface area contributed by atoms with Gasteiger partial charge >= 0.3 is 0 Å². The Morgan fingerprint density at radius 3 is 2.60 bits per heavy atom. The van der Waals surface area contributed by atoms with Crippen LogP contribution in [0.3, 0.4) is 0 Å². The quantitative estimate of drug-likeness (QED) is 0.483. The van der Waals surface area contributed by atoms with Gasteiger partial charge in [0.05, 0.1) is 10.5 Å². The zero-order chi connectivity index (χ0) is 11.6. The summed E-state index contributed by atoms with van der Waals surface area (Å²) in [5.41, 5.74) is 0.977. The van der Waals surface area contributed by atoms with Gasteiger partial charge in [-0.15, -0.1) is 0 Å². The number of para-hydroxylation sites is 1. The van der Waals surface area contributed by atoms with Crippen LogP contribution in [0.1, 0.15) is 22.9 Å². The average Bonchev–Trinajstić information content (AvgIpc) is 2.15. The third kappa shape index (κ3) is 2.41. The predicted molar refractivity (Wildman–Crippen MR) is 60.2 cm³/mol. The summed E-state index contributed by atoms with van der Waals surface area (Å²) in [7, 11) is 0. The monoisotopic (exact) mass is 271 g/mol. The van der Waals surface area contributed by atoms with Gasteiger partial charge in [-0.05, 0) is 13.8 Å². The molecule has 0 aromatic heterocycles. The highest BCUT2D eigenvalue weighted by molar-refractivity contribution is 9.09. The predicted octanol–water partition coefficient (Wildman–Crippen LogP) is 2.93. The van der Waals surface area contributed by atoms with Gasteiger partial charge in [0.2, 0.25) is 0 Å². The highest BCUT2D eigenvalue weighted by atomic mass is 79.9. The van der Waals surface area contributed by atoms with E-state index < -0.39 is 9.75 Å². The molecule has 1 rings (SSSR count). The van der Waals surface area contributed by atoms with Gasteiger partial charge in [0.1, 0.15) is 10.6 Å². The minimum atomic E-state index is -0.613. The second kappa shape index (κ2) is 4.53. The molecule has 0 fully saturated rings. The van der Waals surface area contributed by atoms with E-state index in [2.05, 4.69) is 15.9 Å². The molecular formula is C10H10BrNO3. The molecule has 1 atom stereocenters. The van der Waals surface area contributed by atoms with Crippen molar-refractivity contribution < 1.29 is 9.72 Å². The van der Waals surface area contributed by atoms with E-state index in [1.807, 2.05) is 0 Å². The van der Waals surface area contributed by atoms with Gasteiger partial charge in [-0.1, -0.05) is 34.1 Å². The fourth-order valence-electron chi connectivity index (χ4n) is 1.35. The molecule has 1 aromatic rings. The molecule has 0 saturated heterocycles. The van der Waals surface area contributed by atoms with E-state index in [0.717, 1.165) is 0 Å². The van der Waals surface area contributed by atoms with Gasteiger partial charge in [0, 0.05) is 5.56 Å². The van der Waals surface area contributed by atoms with Crippen LogP contribution in [0.15, 0.2) is 18.2 Å². The number of nitrogens with zero attached hydrogens (tertiary/aromatic N) is 1. The Balaban J connectivity index is 3.35. The number of carbonyl (C=O) groups is 1. The lowest BCUT2D eigenvalue weighted by Gasteiger charge is -2.08. The molecule has 0 bridgehead atoms. The molecule has 1 unspecified atom stereocenters. The van der Waals surface area contributed by atoms with Crippen LogP contribution >= 0.6 is 15.9 Å². The minimum Gasteiger partial charge on any atom is -0.298 e. The Labute approximate surface area is 95.6 Å². The van der Waals surface area contributed by atoms with Crippen molar-refractivity contribution in [3.8, 4) is 0 Å². The van der Waals surface area contributed by atoms with E-state index in [4.69, 9.17) is 0 Å². The number of hydrogen-bond acceptors (Lipinski definition) is 3. The summed E-state index contributed by atoms with van der Waals surface area (Å²) in [4.78, 5) is 20.9. The number of aryl methyl sites for hydroxylation is 1. The number of nitro benzene ring substituents is 1. The molecule has 0 N–H and O–H groups in total. The molecule has 0 saturated carbocycles. The molecular weight excluding hydrogens is 262 g/mol. The Bertz CT molecular complexity index is 417. The summed E-state index contributed by atoms with van der Waals surface area (Å²) in [6, 6.07) is 4.95. The molecule has 4 nitrogen and oxygen atoms in total. The first kappa shape index (κ1) is 11.8. The first-order valence-electron chi connectivity index (χ1n) is 4.33. The van der Waals surface area contributed by atoms with Crippen LogP contribution in [-0.2, 0) is 4.79 Å². The number of benzene rings is 1. The topological polar surface area (TPSA) is 60.2 Å². The van der Waals surface area contributed by atoms with Gasteiger partial charge in [0.25, 0.3) is 5.69 Å². The van der Waals surface area contributed by atoms with Crippen molar-refractivity contribution in [2.45, 2.75) is 18.7 Å². The maximum absolute atomic E-state index is 11.2. The summed E-state index contributed by atoms with van der Waals surface area (Å²) in [6.45, 7) is 3.05. The normalized spacial score (nSPS) is 12.2. The number of Topliss-reactive ketones (excluding diaryl/α,β-unsaturated/α-hetero) is 1. The first-order chi connectivity index (χ1) is 6.95. The Morgan fingerprint density at radius 2 is 2.13 bits per heavy atom. The standard InChI is InChI=1S/C10H10BrNO3/c1-6-4-3-5-8(9(11)7(2)13)10(6)12(14)15/h3-5,9H,1-2H3. The number of carbonyl (C=O) groups excluding carboxylic acids is 1.